The predicted molar refractivity (Wildman–Crippen MR) is 250 cm³/mol. The van der Waals surface area contributed by atoms with E-state index in [1.807, 2.05) is 0 Å². The van der Waals surface area contributed by atoms with Gasteiger partial charge in [-0.3, -0.25) is 0 Å². The van der Waals surface area contributed by atoms with E-state index in [-0.39, 0.29) is 7.25 Å². The van der Waals surface area contributed by atoms with Crippen molar-refractivity contribution in [2.75, 3.05) is 0 Å². The summed E-state index contributed by atoms with van der Waals surface area (Å²) >= 11 is -5.34. The zero-order chi connectivity index (χ0) is 40.4. The van der Waals surface area contributed by atoms with Crippen molar-refractivity contribution in [2.24, 2.45) is 11.8 Å². The molecule has 0 amide bonds. The van der Waals surface area contributed by atoms with Gasteiger partial charge in [0.25, 0.3) is 0 Å². The van der Waals surface area contributed by atoms with Crippen LogP contribution in [0.15, 0.2) is 83.9 Å². The second-order valence-electron chi connectivity index (χ2n) is 19.9. The standard InChI is InChI=1S/2C21H23.C6H19BNSi2.2ClH.Zr/c2*1-14(2)11-17-12-18-8-6-10-20(21(18)13-17)19-9-5-7-15(3)16(19)4;1-9(2,3)8(7)10(4,5)6;;;/h2*5-10,12-14H,11H2,1-4H3;7H,1-6H3;2*1H;/q;;+1;;;+1/p-2. The van der Waals surface area contributed by atoms with Gasteiger partial charge in [0.05, 0.1) is 0 Å². The van der Waals surface area contributed by atoms with E-state index in [1.165, 1.54) is 77.9 Å². The summed E-state index contributed by atoms with van der Waals surface area (Å²) in [7, 11) is 14.7. The van der Waals surface area contributed by atoms with Crippen LogP contribution < -0.4 is 0 Å². The van der Waals surface area contributed by atoms with E-state index in [0.717, 1.165) is 17.8 Å². The maximum atomic E-state index is 9.23. The van der Waals surface area contributed by atoms with Gasteiger partial charge in [-0.1, -0.05) is 0 Å². The molecule has 291 valence electrons. The molecule has 55 heavy (non-hydrogen) atoms. The van der Waals surface area contributed by atoms with Gasteiger partial charge in [0.1, 0.15) is 0 Å². The van der Waals surface area contributed by atoms with Crippen molar-refractivity contribution in [3.63, 3.8) is 0 Å². The summed E-state index contributed by atoms with van der Waals surface area (Å²) < 4.78 is 2.95. The molecule has 0 bridgehead atoms. The molecular weight excluding hydrogens is 820 g/mol. The van der Waals surface area contributed by atoms with Gasteiger partial charge in [0, 0.05) is 0 Å². The van der Waals surface area contributed by atoms with Gasteiger partial charge in [-0.2, -0.15) is 0 Å². The Kier molecular flexibility index (Phi) is 12.1. The Balaban J connectivity index is 1.72. The minimum atomic E-state index is -5.34. The van der Waals surface area contributed by atoms with Gasteiger partial charge in [-0.25, -0.2) is 0 Å². The normalized spacial score (nSPS) is 18.0. The molecule has 2 aliphatic rings. The van der Waals surface area contributed by atoms with Crippen LogP contribution in [0, 0.1) is 39.5 Å². The molecule has 4 aromatic rings. The number of halogens is 2. The van der Waals surface area contributed by atoms with Crippen molar-refractivity contribution < 1.29 is 16.2 Å². The van der Waals surface area contributed by atoms with E-state index < -0.39 is 32.6 Å². The third kappa shape index (κ3) is 8.03. The van der Waals surface area contributed by atoms with E-state index in [2.05, 4.69) is 184 Å². The fourth-order valence-electron chi connectivity index (χ4n) is 10.3. The third-order valence-electron chi connectivity index (χ3n) is 12.6. The number of rotatable bonds is 12. The molecule has 0 radical (unpaired) electrons. The van der Waals surface area contributed by atoms with E-state index in [0.29, 0.717) is 11.8 Å². The summed E-state index contributed by atoms with van der Waals surface area (Å²) in [6, 6.07) is 27.5. The fraction of sp³-hybridized carbons (Fsp3) is 0.417. The molecule has 0 fully saturated rings. The SMILES string of the molecule is Cc1cccc(-c2cccc3c2C=C(CC(C)C)[CH]3[Zr]([Cl])([Cl])([BH]N([Si](C)(C)C)[Si](C)(C)C)[CH]2C(CC(C)C)=Cc3c(-c4cccc(C)c4C)cccc32)c1C. The van der Waals surface area contributed by atoms with Crippen LogP contribution >= 0.6 is 17.0 Å². The average Bonchev–Trinajstić information content (AvgIpc) is 3.64. The molecule has 7 heteroatoms. The molecule has 0 aromatic heterocycles. The number of hydrogen-bond acceptors (Lipinski definition) is 1. The summed E-state index contributed by atoms with van der Waals surface area (Å²) in [6.45, 7) is 33.6. The van der Waals surface area contributed by atoms with Crippen molar-refractivity contribution in [1.82, 2.24) is 4.14 Å². The maximum absolute atomic E-state index is 9.23. The monoisotopic (exact) mass is 882 g/mol. The first-order chi connectivity index (χ1) is 25.5. The molecule has 0 spiro atoms. The van der Waals surface area contributed by atoms with Crippen LogP contribution in [0.5, 0.6) is 0 Å². The second kappa shape index (κ2) is 15.5. The Labute approximate surface area is 345 Å². The third-order valence-corrected chi connectivity index (χ3v) is 39.8. The van der Waals surface area contributed by atoms with Gasteiger partial charge in [-0.05, 0) is 0 Å². The average molecular weight is 885 g/mol. The zero-order valence-corrected chi connectivity index (χ0v) is 42.2. The molecule has 0 N–H and O–H groups in total. The molecule has 2 atom stereocenters. The van der Waals surface area contributed by atoms with Gasteiger partial charge < -0.3 is 0 Å². The van der Waals surface area contributed by atoms with Gasteiger partial charge >= 0.3 is 348 Å². The first-order valence-electron chi connectivity index (χ1n) is 20.7. The Morgan fingerprint density at radius 1 is 0.564 bits per heavy atom. The predicted octanol–water partition coefficient (Wildman–Crippen LogP) is 15.2. The first-order valence-corrected chi connectivity index (χ1v) is 38.5. The van der Waals surface area contributed by atoms with E-state index >= 15 is 0 Å². The number of nitrogens with zero attached hydrogens (tertiary/aromatic N) is 1. The molecule has 1 nitrogen and oxygen atoms in total. The van der Waals surface area contributed by atoms with Crippen LogP contribution in [0.2, 0.25) is 39.3 Å². The quantitative estimate of drug-likeness (QED) is 0.128. The van der Waals surface area contributed by atoms with Crippen LogP contribution in [0.25, 0.3) is 34.4 Å². The molecule has 0 heterocycles. The molecule has 0 saturated heterocycles. The number of fused-ring (bicyclic) bond motifs is 2. The summed E-state index contributed by atoms with van der Waals surface area (Å²) in [5.41, 5.74) is 18.9. The van der Waals surface area contributed by atoms with Crippen molar-refractivity contribution in [3.05, 3.63) is 128 Å². The van der Waals surface area contributed by atoms with E-state index in [1.54, 1.807) is 0 Å². The summed E-state index contributed by atoms with van der Waals surface area (Å²) in [5.74, 6) is 0.948. The Hall–Kier alpha value is -1.72. The second-order valence-corrected chi connectivity index (χ2v) is 52.1. The number of allylic oxidation sites excluding steroid dienone is 2. The summed E-state index contributed by atoms with van der Waals surface area (Å²) in [6.07, 6.45) is 7.08. The van der Waals surface area contributed by atoms with Crippen molar-refractivity contribution in [2.45, 2.75) is 115 Å². The van der Waals surface area contributed by atoms with Gasteiger partial charge in [0.2, 0.25) is 0 Å². The van der Waals surface area contributed by atoms with Crippen LogP contribution in [0.1, 0.15) is 92.3 Å². The number of benzene rings is 4. The number of aryl methyl sites for hydroxylation is 2. The van der Waals surface area contributed by atoms with Gasteiger partial charge in [0.15, 0.2) is 0 Å². The molecule has 4 aromatic carbocycles. The fourth-order valence-corrected chi connectivity index (χ4v) is 52.5. The van der Waals surface area contributed by atoms with Crippen LogP contribution in [0.4, 0.5) is 0 Å². The summed E-state index contributed by atoms with van der Waals surface area (Å²) in [5, 5.41) is 0. The molecule has 2 aliphatic carbocycles. The first kappa shape index (κ1) is 42.9. The molecule has 0 aliphatic heterocycles. The number of hydrogen-bond donors (Lipinski definition) is 0. The Morgan fingerprint density at radius 2 is 0.909 bits per heavy atom. The molecule has 2 unspecified atom stereocenters. The molecule has 0 saturated carbocycles. The topological polar surface area (TPSA) is 3.24 Å². The van der Waals surface area contributed by atoms with Crippen molar-refractivity contribution in [1.29, 1.82) is 0 Å². The van der Waals surface area contributed by atoms with E-state index in [9.17, 15) is 17.0 Å². The van der Waals surface area contributed by atoms with Crippen LogP contribution in [-0.2, 0) is 16.2 Å². The van der Waals surface area contributed by atoms with E-state index in [4.69, 9.17) is 0 Å². The Bertz CT molecular complexity index is 2040. The van der Waals surface area contributed by atoms with Gasteiger partial charge in [-0.15, -0.1) is 0 Å². The molecule has 6 rings (SSSR count). The van der Waals surface area contributed by atoms with Crippen LogP contribution in [-0.4, -0.2) is 25.6 Å². The summed E-state index contributed by atoms with van der Waals surface area (Å²) in [4.78, 5) is 0.816. The Morgan fingerprint density at radius 3 is 1.25 bits per heavy atom. The van der Waals surface area contributed by atoms with Crippen molar-refractivity contribution >= 4 is 50.6 Å². The molecular formula is C48H65BCl2NSi2Zr. The van der Waals surface area contributed by atoms with Crippen LogP contribution in [0.3, 0.4) is 0 Å². The zero-order valence-electron chi connectivity index (χ0n) is 36.2. The minimum absolute atomic E-state index is 0.00156. The van der Waals surface area contributed by atoms with Crippen molar-refractivity contribution in [3.8, 4) is 22.3 Å².